The van der Waals surface area contributed by atoms with Gasteiger partial charge in [0.1, 0.15) is 13.2 Å². The van der Waals surface area contributed by atoms with Crippen molar-refractivity contribution in [1.29, 1.82) is 0 Å². The summed E-state index contributed by atoms with van der Waals surface area (Å²) in [5.41, 5.74) is 0. The van der Waals surface area contributed by atoms with E-state index in [4.69, 9.17) is 14.2 Å². The van der Waals surface area contributed by atoms with E-state index < -0.39 is 6.10 Å². The van der Waals surface area contributed by atoms with E-state index in [2.05, 4.69) is 118 Å². The second-order valence-corrected chi connectivity index (χ2v) is 23.8. The van der Waals surface area contributed by atoms with Crippen molar-refractivity contribution in [3.05, 3.63) is 97.2 Å². The lowest BCUT2D eigenvalue weighted by molar-refractivity contribution is -0.167. The van der Waals surface area contributed by atoms with Crippen LogP contribution in [0.3, 0.4) is 0 Å². The summed E-state index contributed by atoms with van der Waals surface area (Å²) in [5.74, 6) is -0.899. The van der Waals surface area contributed by atoms with Crippen molar-refractivity contribution in [3.8, 4) is 0 Å². The number of unbranched alkanes of at least 4 members (excludes halogenated alkanes) is 38. The maximum absolute atomic E-state index is 12.9. The average Bonchev–Trinajstić information content (AvgIpc) is 3.49. The number of carbonyl (C=O) groups is 3. The van der Waals surface area contributed by atoms with Crippen molar-refractivity contribution in [2.24, 2.45) is 0 Å². The summed E-state index contributed by atoms with van der Waals surface area (Å²) < 4.78 is 17.0. The van der Waals surface area contributed by atoms with E-state index in [1.54, 1.807) is 0 Å². The third-order valence-corrected chi connectivity index (χ3v) is 15.5. The van der Waals surface area contributed by atoms with Crippen molar-refractivity contribution in [2.75, 3.05) is 13.2 Å². The Bertz CT molecular complexity index is 1610. The van der Waals surface area contributed by atoms with E-state index in [9.17, 15) is 14.4 Å². The Morgan fingerprint density at radius 3 is 0.759 bits per heavy atom. The molecule has 6 nitrogen and oxygen atoms in total. The minimum Gasteiger partial charge on any atom is -0.462 e. The maximum Gasteiger partial charge on any atom is 0.306 e. The van der Waals surface area contributed by atoms with Gasteiger partial charge in [0.2, 0.25) is 0 Å². The topological polar surface area (TPSA) is 78.9 Å². The molecule has 0 aliphatic rings. The molecule has 0 fully saturated rings. The van der Waals surface area contributed by atoms with Gasteiger partial charge in [-0.3, -0.25) is 14.4 Å². The molecule has 0 saturated carbocycles. The first-order chi connectivity index (χ1) is 41.0. The summed E-state index contributed by atoms with van der Waals surface area (Å²) in [6.45, 7) is 6.52. The van der Waals surface area contributed by atoms with Crippen molar-refractivity contribution >= 4 is 17.9 Å². The van der Waals surface area contributed by atoms with Crippen molar-refractivity contribution in [3.63, 3.8) is 0 Å². The van der Waals surface area contributed by atoms with Gasteiger partial charge in [-0.25, -0.2) is 0 Å². The summed E-state index contributed by atoms with van der Waals surface area (Å²) in [4.78, 5) is 38.4. The number of hydrogen-bond donors (Lipinski definition) is 0. The Hall–Kier alpha value is -3.67. The molecule has 0 aromatic rings. The summed E-state index contributed by atoms with van der Waals surface area (Å²) in [6, 6.07) is 0. The van der Waals surface area contributed by atoms with Gasteiger partial charge in [-0.05, 0) is 122 Å². The van der Waals surface area contributed by atoms with E-state index in [-0.39, 0.29) is 31.1 Å². The molecule has 1 atom stereocenters. The monoisotopic (exact) mass is 1160 g/mol. The number of rotatable bonds is 65. The van der Waals surface area contributed by atoms with Crippen LogP contribution in [0.4, 0.5) is 0 Å². The van der Waals surface area contributed by atoms with Gasteiger partial charge in [0.25, 0.3) is 0 Å². The van der Waals surface area contributed by atoms with Gasteiger partial charge in [0.15, 0.2) is 6.10 Å². The van der Waals surface area contributed by atoms with Crippen LogP contribution in [-0.4, -0.2) is 37.2 Å². The quantitative estimate of drug-likeness (QED) is 0.0261. The van der Waals surface area contributed by atoms with Crippen LogP contribution in [0.25, 0.3) is 0 Å². The number of allylic oxidation sites excluding steroid dienone is 16. The molecule has 0 N–H and O–H groups in total. The average molecular weight is 1160 g/mol. The summed E-state index contributed by atoms with van der Waals surface area (Å²) >= 11 is 0. The van der Waals surface area contributed by atoms with Gasteiger partial charge in [-0.1, -0.05) is 311 Å². The summed E-state index contributed by atoms with van der Waals surface area (Å²) in [5, 5.41) is 0. The normalized spacial score (nSPS) is 12.7. The largest absolute Gasteiger partial charge is 0.462 e. The van der Waals surface area contributed by atoms with Crippen LogP contribution in [0, 0.1) is 0 Å². The molecule has 0 radical (unpaired) electrons. The predicted molar refractivity (Wildman–Crippen MR) is 362 cm³/mol. The molecule has 0 aromatic carbocycles. The molecule has 478 valence electrons. The van der Waals surface area contributed by atoms with E-state index in [1.807, 2.05) is 0 Å². The SMILES string of the molecule is CC/C=C\C/C=C\C/C=C\C/C=C\C/C=C\CCCCCCCC(=O)OC(COC(=O)CCCCCCC/C=C\CCCCCC)COC(=O)CCCCCCCCCCCCCCCCCCCCC/C=C\C/C=C\CCCCCCC. The molecule has 0 aliphatic carbocycles. The fourth-order valence-corrected chi connectivity index (χ4v) is 10.2. The van der Waals surface area contributed by atoms with E-state index in [0.29, 0.717) is 19.3 Å². The van der Waals surface area contributed by atoms with Gasteiger partial charge >= 0.3 is 17.9 Å². The first-order valence-electron chi connectivity index (χ1n) is 35.7. The molecule has 0 rings (SSSR count). The predicted octanol–water partition coefficient (Wildman–Crippen LogP) is 24.8. The second kappa shape index (κ2) is 70.8. The minimum absolute atomic E-state index is 0.0857. The first kappa shape index (κ1) is 79.3. The number of hydrogen-bond acceptors (Lipinski definition) is 6. The third-order valence-electron chi connectivity index (χ3n) is 15.5. The Morgan fingerprint density at radius 2 is 0.470 bits per heavy atom. The molecule has 0 aromatic heterocycles. The van der Waals surface area contributed by atoms with Crippen molar-refractivity contribution < 1.29 is 28.6 Å². The van der Waals surface area contributed by atoms with Gasteiger partial charge in [0, 0.05) is 19.3 Å². The van der Waals surface area contributed by atoms with Crippen molar-refractivity contribution in [1.82, 2.24) is 0 Å². The van der Waals surface area contributed by atoms with Crippen LogP contribution in [0.15, 0.2) is 97.2 Å². The summed E-state index contributed by atoms with van der Waals surface area (Å²) in [7, 11) is 0. The number of carbonyl (C=O) groups excluding carboxylic acids is 3. The van der Waals surface area contributed by atoms with Crippen molar-refractivity contribution in [2.45, 2.75) is 361 Å². The highest BCUT2D eigenvalue weighted by atomic mass is 16.6. The zero-order valence-corrected chi connectivity index (χ0v) is 54.9. The van der Waals surface area contributed by atoms with Gasteiger partial charge in [-0.15, -0.1) is 0 Å². The minimum atomic E-state index is -0.792. The molecule has 0 spiro atoms. The lowest BCUT2D eigenvalue weighted by atomic mass is 10.0. The molecular formula is C77H134O6. The molecular weight excluding hydrogens is 1020 g/mol. The highest BCUT2D eigenvalue weighted by molar-refractivity contribution is 5.71. The van der Waals surface area contributed by atoms with E-state index in [0.717, 1.165) is 122 Å². The molecule has 0 heterocycles. The Kier molecular flexibility index (Phi) is 67.7. The Labute approximate surface area is 515 Å². The Morgan fingerprint density at radius 1 is 0.253 bits per heavy atom. The smallest absolute Gasteiger partial charge is 0.306 e. The van der Waals surface area contributed by atoms with E-state index >= 15 is 0 Å². The van der Waals surface area contributed by atoms with Crippen LogP contribution in [0.1, 0.15) is 355 Å². The molecule has 6 heteroatoms. The van der Waals surface area contributed by atoms with Crippen LogP contribution in [0.5, 0.6) is 0 Å². The summed E-state index contributed by atoms with van der Waals surface area (Å²) in [6.07, 6.45) is 95.9. The third kappa shape index (κ3) is 69.0. The number of ether oxygens (including phenoxy) is 3. The Balaban J connectivity index is 4.24. The highest BCUT2D eigenvalue weighted by Gasteiger charge is 2.19. The molecule has 0 aliphatic heterocycles. The molecule has 0 bridgehead atoms. The number of esters is 3. The van der Waals surface area contributed by atoms with Gasteiger partial charge in [0.05, 0.1) is 0 Å². The molecule has 0 amide bonds. The lowest BCUT2D eigenvalue weighted by Crippen LogP contribution is -2.30. The van der Waals surface area contributed by atoms with E-state index in [1.165, 1.54) is 193 Å². The second-order valence-electron chi connectivity index (χ2n) is 23.8. The molecule has 83 heavy (non-hydrogen) atoms. The van der Waals surface area contributed by atoms with Crippen LogP contribution >= 0.6 is 0 Å². The maximum atomic E-state index is 12.9. The first-order valence-corrected chi connectivity index (χ1v) is 35.7. The zero-order chi connectivity index (χ0) is 59.9. The zero-order valence-electron chi connectivity index (χ0n) is 54.9. The molecule has 1 unspecified atom stereocenters. The van der Waals surface area contributed by atoms with Crippen LogP contribution in [0.2, 0.25) is 0 Å². The van der Waals surface area contributed by atoms with Crippen LogP contribution in [-0.2, 0) is 28.6 Å². The fraction of sp³-hybridized carbons (Fsp3) is 0.753. The standard InChI is InChI=1S/C77H134O6/c1-4-7-10-13-16-19-22-25-27-29-31-33-34-35-36-37-38-39-40-41-42-44-45-47-49-52-55-58-61-64-67-70-76(79)82-73-74(72-81-75(78)69-66-63-60-57-54-51-24-21-18-15-12-9-6-3)83-77(80)71-68-65-62-59-56-53-50-48-46-43-32-30-28-26-23-20-17-14-11-8-5-2/h8,11,17,20-22,24-26,28-29,31-32,43,48,50,74H,4-7,9-10,12-16,18-19,23,27,30,33-42,44-47,49,51-73H2,1-3H3/b11-8-,20-17-,24-21-,25-22-,28-26-,31-29-,43-32-,50-48-. The lowest BCUT2D eigenvalue weighted by Gasteiger charge is -2.18. The van der Waals surface area contributed by atoms with Gasteiger partial charge < -0.3 is 14.2 Å². The highest BCUT2D eigenvalue weighted by Crippen LogP contribution is 2.17. The fourth-order valence-electron chi connectivity index (χ4n) is 10.2. The van der Waals surface area contributed by atoms with Gasteiger partial charge in [-0.2, -0.15) is 0 Å². The molecule has 0 saturated heterocycles. The van der Waals surface area contributed by atoms with Crippen LogP contribution < -0.4 is 0 Å².